The quantitative estimate of drug-likeness (QED) is 0.889. The molecular weight excluding hydrogens is 266 g/mol. The van der Waals surface area contributed by atoms with E-state index in [0.717, 1.165) is 31.9 Å². The Hall–Kier alpha value is -1.75. The maximum atomic E-state index is 11.9. The fraction of sp³-hybridized carbons (Fsp3) is 0.562. The van der Waals surface area contributed by atoms with Crippen LogP contribution in [0.5, 0.6) is 5.75 Å². The zero-order valence-electron chi connectivity index (χ0n) is 13.1. The lowest BCUT2D eigenvalue weighted by Crippen LogP contribution is -2.54. The molecule has 0 bridgehead atoms. The second kappa shape index (κ2) is 7.31. The van der Waals surface area contributed by atoms with E-state index in [2.05, 4.69) is 27.2 Å². The minimum atomic E-state index is -0.0580. The summed E-state index contributed by atoms with van der Waals surface area (Å²) in [7, 11) is 1.69. The zero-order chi connectivity index (χ0) is 15.2. The molecular formula is C16H25N3O2. The van der Waals surface area contributed by atoms with Gasteiger partial charge in [0, 0.05) is 44.5 Å². The number of hydrogen-bond donors (Lipinski definition) is 1. The molecule has 0 saturated carbocycles. The van der Waals surface area contributed by atoms with Gasteiger partial charge in [0.05, 0.1) is 13.2 Å². The predicted molar refractivity (Wildman–Crippen MR) is 84.9 cm³/mol. The van der Waals surface area contributed by atoms with E-state index in [1.165, 1.54) is 5.69 Å². The number of ether oxygens (including phenoxy) is 1. The van der Waals surface area contributed by atoms with Gasteiger partial charge < -0.3 is 15.0 Å². The Morgan fingerprint density at radius 1 is 1.33 bits per heavy atom. The summed E-state index contributed by atoms with van der Waals surface area (Å²) in [4.78, 5) is 16.5. The first kappa shape index (κ1) is 15.6. The highest BCUT2D eigenvalue weighted by atomic mass is 16.5. The van der Waals surface area contributed by atoms with Gasteiger partial charge in [-0.3, -0.25) is 9.69 Å². The molecule has 5 heteroatoms. The van der Waals surface area contributed by atoms with Crippen molar-refractivity contribution < 1.29 is 9.53 Å². The Bertz CT molecular complexity index is 470. The molecule has 5 nitrogen and oxygen atoms in total. The van der Waals surface area contributed by atoms with Gasteiger partial charge in [-0.2, -0.15) is 0 Å². The molecule has 116 valence electrons. The maximum Gasteiger partial charge on any atom is 0.237 e. The highest BCUT2D eigenvalue weighted by molar-refractivity contribution is 5.81. The van der Waals surface area contributed by atoms with Gasteiger partial charge in [-0.05, 0) is 26.0 Å². The molecule has 1 heterocycles. The van der Waals surface area contributed by atoms with E-state index in [-0.39, 0.29) is 11.9 Å². The van der Waals surface area contributed by atoms with Gasteiger partial charge >= 0.3 is 0 Å². The van der Waals surface area contributed by atoms with Gasteiger partial charge in [-0.15, -0.1) is 0 Å². The molecule has 1 fully saturated rings. The first-order chi connectivity index (χ1) is 10.2. The summed E-state index contributed by atoms with van der Waals surface area (Å²) in [6, 6.07) is 8.07. The highest BCUT2D eigenvalue weighted by Gasteiger charge is 2.25. The molecule has 1 aliphatic heterocycles. The van der Waals surface area contributed by atoms with E-state index >= 15 is 0 Å². The number of carbonyl (C=O) groups is 1. The Morgan fingerprint density at radius 3 is 2.67 bits per heavy atom. The van der Waals surface area contributed by atoms with Crippen LogP contribution in [0.15, 0.2) is 24.3 Å². The van der Waals surface area contributed by atoms with E-state index in [1.54, 1.807) is 7.11 Å². The number of likely N-dealkylation sites (N-methyl/N-ethyl adjacent to an activating group) is 1. The van der Waals surface area contributed by atoms with Crippen molar-refractivity contribution in [3.63, 3.8) is 0 Å². The van der Waals surface area contributed by atoms with Crippen molar-refractivity contribution in [3.05, 3.63) is 24.3 Å². The van der Waals surface area contributed by atoms with Crippen LogP contribution >= 0.6 is 0 Å². The normalized spacial score (nSPS) is 17.4. The molecule has 0 aliphatic carbocycles. The van der Waals surface area contributed by atoms with Gasteiger partial charge in [0.25, 0.3) is 0 Å². The van der Waals surface area contributed by atoms with Crippen molar-refractivity contribution in [2.75, 3.05) is 44.7 Å². The Labute approximate surface area is 126 Å². The van der Waals surface area contributed by atoms with Crippen LogP contribution in [0.3, 0.4) is 0 Å². The van der Waals surface area contributed by atoms with E-state index < -0.39 is 0 Å². The highest BCUT2D eigenvalue weighted by Crippen LogP contribution is 2.22. The van der Waals surface area contributed by atoms with Crippen LogP contribution < -0.4 is 15.0 Å². The predicted octanol–water partition coefficient (Wildman–Crippen LogP) is 1.34. The fourth-order valence-electron chi connectivity index (χ4n) is 2.66. The molecule has 1 atom stereocenters. The largest absolute Gasteiger partial charge is 0.497 e. The minimum absolute atomic E-state index is 0.0580. The second-order valence-corrected chi connectivity index (χ2v) is 5.30. The van der Waals surface area contributed by atoms with Crippen LogP contribution in [0, 0.1) is 0 Å². The topological polar surface area (TPSA) is 44.8 Å². The summed E-state index contributed by atoms with van der Waals surface area (Å²) < 4.78 is 5.27. The molecule has 1 saturated heterocycles. The number of nitrogens with zero attached hydrogens (tertiary/aromatic N) is 2. The summed E-state index contributed by atoms with van der Waals surface area (Å²) in [6.07, 6.45) is 0. The Kier molecular flexibility index (Phi) is 5.44. The van der Waals surface area contributed by atoms with Crippen molar-refractivity contribution in [1.82, 2.24) is 10.2 Å². The van der Waals surface area contributed by atoms with E-state index in [4.69, 9.17) is 4.74 Å². The van der Waals surface area contributed by atoms with Crippen molar-refractivity contribution in [2.45, 2.75) is 19.9 Å². The van der Waals surface area contributed by atoms with Crippen LogP contribution in [-0.4, -0.2) is 56.7 Å². The number of rotatable bonds is 5. The SMILES string of the molecule is CCNC(=O)[C@H](C)N1CCN(c2cccc(OC)c2)CC1. The molecule has 0 radical (unpaired) electrons. The molecule has 1 aliphatic rings. The van der Waals surface area contributed by atoms with Gasteiger partial charge in [0.2, 0.25) is 5.91 Å². The number of nitrogens with one attached hydrogen (secondary N) is 1. The fourth-order valence-corrected chi connectivity index (χ4v) is 2.66. The lowest BCUT2D eigenvalue weighted by atomic mass is 10.2. The summed E-state index contributed by atoms with van der Waals surface area (Å²) in [5.41, 5.74) is 1.18. The van der Waals surface area contributed by atoms with Crippen molar-refractivity contribution in [3.8, 4) is 5.75 Å². The van der Waals surface area contributed by atoms with Gasteiger partial charge in [0.15, 0.2) is 0 Å². The van der Waals surface area contributed by atoms with Crippen molar-refractivity contribution in [1.29, 1.82) is 0 Å². The first-order valence-electron chi connectivity index (χ1n) is 7.56. The molecule has 0 spiro atoms. The summed E-state index contributed by atoms with van der Waals surface area (Å²) in [6.45, 7) is 8.27. The van der Waals surface area contributed by atoms with Gasteiger partial charge in [-0.1, -0.05) is 6.07 Å². The molecule has 0 unspecified atom stereocenters. The molecule has 0 aromatic heterocycles. The third-order valence-corrected chi connectivity index (χ3v) is 4.01. The van der Waals surface area contributed by atoms with Crippen LogP contribution in [0.4, 0.5) is 5.69 Å². The number of carbonyl (C=O) groups excluding carboxylic acids is 1. The molecule has 1 amide bonds. The maximum absolute atomic E-state index is 11.9. The monoisotopic (exact) mass is 291 g/mol. The standard InChI is InChI=1S/C16H25N3O2/c1-4-17-16(20)13(2)18-8-10-19(11-9-18)14-6-5-7-15(12-14)21-3/h5-7,12-13H,4,8-11H2,1-3H3,(H,17,20)/t13-/m0/s1. The molecule has 1 aromatic rings. The van der Waals surface area contributed by atoms with Crippen molar-refractivity contribution in [2.24, 2.45) is 0 Å². The number of hydrogen-bond acceptors (Lipinski definition) is 4. The second-order valence-electron chi connectivity index (χ2n) is 5.30. The average molecular weight is 291 g/mol. The number of amides is 1. The zero-order valence-corrected chi connectivity index (χ0v) is 13.1. The lowest BCUT2D eigenvalue weighted by molar-refractivity contribution is -0.125. The molecule has 21 heavy (non-hydrogen) atoms. The van der Waals surface area contributed by atoms with Crippen LogP contribution in [0.1, 0.15) is 13.8 Å². The van der Waals surface area contributed by atoms with Crippen LogP contribution in [-0.2, 0) is 4.79 Å². The molecule has 1 aromatic carbocycles. The third kappa shape index (κ3) is 3.88. The minimum Gasteiger partial charge on any atom is -0.497 e. The van der Waals surface area contributed by atoms with Crippen LogP contribution in [0.25, 0.3) is 0 Å². The van der Waals surface area contributed by atoms with Gasteiger partial charge in [0.1, 0.15) is 5.75 Å². The average Bonchev–Trinajstić information content (AvgIpc) is 2.54. The van der Waals surface area contributed by atoms with E-state index in [1.807, 2.05) is 26.0 Å². The number of benzene rings is 1. The Morgan fingerprint density at radius 2 is 2.05 bits per heavy atom. The third-order valence-electron chi connectivity index (χ3n) is 4.01. The van der Waals surface area contributed by atoms with E-state index in [0.29, 0.717) is 6.54 Å². The summed E-state index contributed by atoms with van der Waals surface area (Å²) >= 11 is 0. The Balaban J connectivity index is 1.92. The number of piperazine rings is 1. The van der Waals surface area contributed by atoms with Crippen molar-refractivity contribution >= 4 is 11.6 Å². The van der Waals surface area contributed by atoms with E-state index in [9.17, 15) is 4.79 Å². The van der Waals surface area contributed by atoms with Crippen LogP contribution in [0.2, 0.25) is 0 Å². The molecule has 2 rings (SSSR count). The number of anilines is 1. The number of methoxy groups -OCH3 is 1. The summed E-state index contributed by atoms with van der Waals surface area (Å²) in [5, 5.41) is 2.89. The smallest absolute Gasteiger partial charge is 0.237 e. The summed E-state index contributed by atoms with van der Waals surface area (Å²) in [5.74, 6) is 0.998. The molecule has 1 N–H and O–H groups in total. The van der Waals surface area contributed by atoms with Gasteiger partial charge in [-0.25, -0.2) is 0 Å². The lowest BCUT2D eigenvalue weighted by Gasteiger charge is -2.38. The first-order valence-corrected chi connectivity index (χ1v) is 7.56.